The fourth-order valence-corrected chi connectivity index (χ4v) is 2.14. The van der Waals surface area contributed by atoms with Gasteiger partial charge in [-0.15, -0.1) is 11.3 Å². The first-order chi connectivity index (χ1) is 9.70. The van der Waals surface area contributed by atoms with Crippen molar-refractivity contribution in [3.05, 3.63) is 45.9 Å². The van der Waals surface area contributed by atoms with Gasteiger partial charge in [-0.1, -0.05) is 12.0 Å². The highest BCUT2D eigenvalue weighted by Gasteiger charge is 2.56. The van der Waals surface area contributed by atoms with Crippen LogP contribution in [-0.4, -0.2) is 21.4 Å². The maximum Gasteiger partial charge on any atom is 0.450 e. The van der Waals surface area contributed by atoms with Crippen molar-refractivity contribution in [2.24, 2.45) is 0 Å². The lowest BCUT2D eigenvalue weighted by Gasteiger charge is -2.21. The van der Waals surface area contributed by atoms with E-state index in [0.717, 1.165) is 6.20 Å². The molecule has 0 aliphatic heterocycles. The third-order valence-corrected chi connectivity index (χ3v) is 3.43. The molecule has 8 heteroatoms. The first-order valence-corrected chi connectivity index (χ1v) is 6.37. The van der Waals surface area contributed by atoms with Crippen LogP contribution in [-0.2, 0) is 5.79 Å². The molecule has 1 heterocycles. The minimum atomic E-state index is -5.23. The third kappa shape index (κ3) is 3.33. The van der Waals surface area contributed by atoms with E-state index in [1.165, 1.54) is 0 Å². The minimum Gasteiger partial charge on any atom is -0.399 e. The molecule has 0 aliphatic carbocycles. The van der Waals surface area contributed by atoms with Crippen molar-refractivity contribution in [2.75, 3.05) is 5.73 Å². The summed E-state index contributed by atoms with van der Waals surface area (Å²) in [6.07, 6.45) is -4.18. The van der Waals surface area contributed by atoms with Gasteiger partial charge in [0.1, 0.15) is 0 Å². The van der Waals surface area contributed by atoms with E-state index in [9.17, 15) is 13.2 Å². The van der Waals surface area contributed by atoms with Gasteiger partial charge in [-0.25, -0.2) is 4.98 Å². The van der Waals surface area contributed by atoms with Crippen LogP contribution in [0.4, 0.5) is 18.9 Å². The number of benzene rings is 1. The topological polar surface area (TPSA) is 79.4 Å². The molecule has 0 fully saturated rings. The lowest BCUT2D eigenvalue weighted by molar-refractivity contribution is -0.358. The van der Waals surface area contributed by atoms with Crippen molar-refractivity contribution >= 4 is 17.0 Å². The summed E-state index contributed by atoms with van der Waals surface area (Å²) < 4.78 is 37.3. The normalized spacial score (nSPS) is 11.9. The summed E-state index contributed by atoms with van der Waals surface area (Å²) >= 11 is 0.454. The van der Waals surface area contributed by atoms with Gasteiger partial charge >= 0.3 is 12.0 Å². The molecular weight excluding hydrogens is 305 g/mol. The SMILES string of the molecule is Nc1cccc(C#Cc2cnc(C(O)(O)C(F)(F)F)s2)c1. The molecule has 1 aromatic heterocycles. The zero-order valence-electron chi connectivity index (χ0n) is 10.3. The summed E-state index contributed by atoms with van der Waals surface area (Å²) in [5, 5.41) is 17.3. The molecule has 0 spiro atoms. The fraction of sp³-hybridized carbons (Fsp3) is 0.154. The molecule has 0 bridgehead atoms. The van der Waals surface area contributed by atoms with Gasteiger partial charge in [-0.3, -0.25) is 0 Å². The Kier molecular flexibility index (Phi) is 3.91. The molecule has 0 radical (unpaired) electrons. The van der Waals surface area contributed by atoms with Crippen molar-refractivity contribution in [1.29, 1.82) is 0 Å². The van der Waals surface area contributed by atoms with E-state index in [1.807, 2.05) is 0 Å². The Morgan fingerprint density at radius 3 is 2.52 bits per heavy atom. The van der Waals surface area contributed by atoms with Crippen molar-refractivity contribution < 1.29 is 23.4 Å². The monoisotopic (exact) mass is 314 g/mol. The van der Waals surface area contributed by atoms with E-state index in [2.05, 4.69) is 16.8 Å². The molecule has 21 heavy (non-hydrogen) atoms. The van der Waals surface area contributed by atoms with Crippen molar-refractivity contribution in [3.63, 3.8) is 0 Å². The number of aromatic nitrogens is 1. The Balaban J connectivity index is 2.26. The summed E-state index contributed by atoms with van der Waals surface area (Å²) in [5.74, 6) is 1.32. The summed E-state index contributed by atoms with van der Waals surface area (Å²) in [7, 11) is 0. The third-order valence-electron chi connectivity index (χ3n) is 2.42. The molecule has 0 saturated heterocycles. The first kappa shape index (κ1) is 15.3. The van der Waals surface area contributed by atoms with E-state index < -0.39 is 17.0 Å². The molecule has 0 saturated carbocycles. The van der Waals surface area contributed by atoms with E-state index >= 15 is 0 Å². The summed E-state index contributed by atoms with van der Waals surface area (Å²) in [4.78, 5) is 3.53. The molecule has 110 valence electrons. The van der Waals surface area contributed by atoms with Gasteiger partial charge in [-0.2, -0.15) is 13.2 Å². The van der Waals surface area contributed by atoms with Crippen LogP contribution >= 0.6 is 11.3 Å². The molecule has 2 aromatic rings. The molecule has 4 nitrogen and oxygen atoms in total. The number of halogens is 3. The second kappa shape index (κ2) is 5.37. The van der Waals surface area contributed by atoms with Gasteiger partial charge in [0.2, 0.25) is 0 Å². The van der Waals surface area contributed by atoms with Crippen LogP contribution in [0.2, 0.25) is 0 Å². The maximum absolute atomic E-state index is 12.4. The lowest BCUT2D eigenvalue weighted by Crippen LogP contribution is -2.41. The standard InChI is InChI=1S/C13H9F3N2O2S/c14-13(15,16)12(19,20)11-18-7-10(21-11)5-4-8-2-1-3-9(17)6-8/h1-3,6-7,19-20H,17H2. The maximum atomic E-state index is 12.4. The van der Waals surface area contributed by atoms with Gasteiger partial charge in [-0.05, 0) is 24.1 Å². The number of anilines is 1. The van der Waals surface area contributed by atoms with Crippen molar-refractivity contribution in [3.8, 4) is 11.8 Å². The molecular formula is C13H9F3N2O2S. The Hall–Kier alpha value is -2.08. The molecule has 2 rings (SSSR count). The number of hydrogen-bond donors (Lipinski definition) is 3. The molecule has 1 aromatic carbocycles. The number of rotatable bonds is 1. The number of aliphatic hydroxyl groups is 2. The van der Waals surface area contributed by atoms with Crippen molar-refractivity contribution in [1.82, 2.24) is 4.98 Å². The van der Waals surface area contributed by atoms with Gasteiger partial charge in [0.25, 0.3) is 0 Å². The average Bonchev–Trinajstić information content (AvgIpc) is 2.84. The number of nitrogens with zero attached hydrogens (tertiary/aromatic N) is 1. The van der Waals surface area contributed by atoms with Crippen LogP contribution in [0, 0.1) is 11.8 Å². The Morgan fingerprint density at radius 2 is 1.90 bits per heavy atom. The lowest BCUT2D eigenvalue weighted by atomic mass is 10.2. The zero-order chi connectivity index (χ0) is 15.7. The Morgan fingerprint density at radius 1 is 1.19 bits per heavy atom. The van der Waals surface area contributed by atoms with Gasteiger partial charge in [0.15, 0.2) is 5.01 Å². The van der Waals surface area contributed by atoms with Crippen LogP contribution in [0.3, 0.4) is 0 Å². The van der Waals surface area contributed by atoms with E-state index in [1.54, 1.807) is 24.3 Å². The zero-order valence-corrected chi connectivity index (χ0v) is 11.2. The van der Waals surface area contributed by atoms with Crippen LogP contribution < -0.4 is 5.73 Å². The number of thiazole rings is 1. The van der Waals surface area contributed by atoms with Crippen LogP contribution in [0.15, 0.2) is 30.5 Å². The Labute approximate surface area is 121 Å². The Bertz CT molecular complexity index is 714. The van der Waals surface area contributed by atoms with Crippen molar-refractivity contribution in [2.45, 2.75) is 12.0 Å². The highest BCUT2D eigenvalue weighted by molar-refractivity contribution is 7.12. The number of nitrogens with two attached hydrogens (primary N) is 1. The van der Waals surface area contributed by atoms with Crippen LogP contribution in [0.1, 0.15) is 15.4 Å². The van der Waals surface area contributed by atoms with Gasteiger partial charge in [0.05, 0.1) is 11.1 Å². The second-order valence-corrected chi connectivity index (χ2v) is 5.11. The fourth-order valence-electron chi connectivity index (χ4n) is 1.36. The summed E-state index contributed by atoms with van der Waals surface area (Å²) in [5.41, 5.74) is 6.66. The second-order valence-electron chi connectivity index (χ2n) is 4.08. The average molecular weight is 314 g/mol. The smallest absolute Gasteiger partial charge is 0.399 e. The molecule has 0 amide bonds. The van der Waals surface area contributed by atoms with E-state index in [-0.39, 0.29) is 4.88 Å². The number of alkyl halides is 3. The van der Waals surface area contributed by atoms with Gasteiger partial charge < -0.3 is 15.9 Å². The summed E-state index contributed by atoms with van der Waals surface area (Å²) in [6, 6.07) is 6.65. The molecule has 4 N–H and O–H groups in total. The molecule has 0 unspecified atom stereocenters. The number of nitrogen functional groups attached to an aromatic ring is 1. The van der Waals surface area contributed by atoms with Crippen LogP contribution in [0.5, 0.6) is 0 Å². The quantitative estimate of drug-likeness (QED) is 0.426. The highest BCUT2D eigenvalue weighted by atomic mass is 32.1. The molecule has 0 atom stereocenters. The van der Waals surface area contributed by atoms with E-state index in [4.69, 9.17) is 15.9 Å². The highest BCUT2D eigenvalue weighted by Crippen LogP contribution is 2.38. The predicted octanol–water partition coefficient (Wildman–Crippen LogP) is 1.82. The van der Waals surface area contributed by atoms with E-state index in [0.29, 0.717) is 22.6 Å². The van der Waals surface area contributed by atoms with Crippen LogP contribution in [0.25, 0.3) is 0 Å². The van der Waals surface area contributed by atoms with Gasteiger partial charge in [0, 0.05) is 11.3 Å². The minimum absolute atomic E-state index is 0.171. The summed E-state index contributed by atoms with van der Waals surface area (Å²) in [6.45, 7) is 0. The largest absolute Gasteiger partial charge is 0.450 e. The number of hydrogen-bond acceptors (Lipinski definition) is 5. The predicted molar refractivity (Wildman–Crippen MR) is 71.1 cm³/mol. The first-order valence-electron chi connectivity index (χ1n) is 5.55. The molecule has 0 aliphatic rings.